The van der Waals surface area contributed by atoms with E-state index in [0.29, 0.717) is 16.8 Å². The van der Waals surface area contributed by atoms with Gasteiger partial charge in [-0.15, -0.1) is 23.2 Å². The molecule has 0 aliphatic carbocycles. The Morgan fingerprint density at radius 2 is 1.93 bits per heavy atom. The van der Waals surface area contributed by atoms with Crippen LogP contribution in [0.4, 0.5) is 0 Å². The van der Waals surface area contributed by atoms with E-state index >= 15 is 0 Å². The van der Waals surface area contributed by atoms with Gasteiger partial charge in [0.15, 0.2) is 0 Å². The highest BCUT2D eigenvalue weighted by atomic mass is 35.5. The molecule has 0 saturated heterocycles. The zero-order valence-corrected chi connectivity index (χ0v) is 9.89. The summed E-state index contributed by atoms with van der Waals surface area (Å²) in [6.07, 6.45) is 0. The molecular weight excluding hydrogens is 262 g/mol. The predicted octanol–water partition coefficient (Wildman–Crippen LogP) is 3.43. The third-order valence-electron chi connectivity index (χ3n) is 1.21. The molecule has 0 aliphatic heterocycles. The molecule has 6 heteroatoms. The molecule has 0 unspecified atom stereocenters. The fourth-order valence-corrected chi connectivity index (χ4v) is 0.858. The molecule has 3 nitrogen and oxygen atoms in total. The fourth-order valence-electron chi connectivity index (χ4n) is 0.668. The number of rotatable bonds is 2. The first-order valence-corrected chi connectivity index (χ1v) is 5.33. The van der Waals surface area contributed by atoms with Gasteiger partial charge >= 0.3 is 5.97 Å². The van der Waals surface area contributed by atoms with Crippen LogP contribution in [0.5, 0.6) is 0 Å². The highest BCUT2D eigenvalue weighted by molar-refractivity contribution is 6.30. The molecule has 0 bridgehead atoms. The van der Waals surface area contributed by atoms with Crippen LogP contribution in [0.2, 0.25) is 5.02 Å². The van der Waals surface area contributed by atoms with E-state index in [1.807, 2.05) is 0 Å². The normalized spacial score (nSPS) is 8.80. The van der Waals surface area contributed by atoms with Gasteiger partial charge in [-0.1, -0.05) is 17.7 Å². The van der Waals surface area contributed by atoms with Crippen molar-refractivity contribution in [2.24, 2.45) is 0 Å². The number of halogens is 3. The Morgan fingerprint density at radius 3 is 2.33 bits per heavy atom. The van der Waals surface area contributed by atoms with Crippen molar-refractivity contribution >= 4 is 40.8 Å². The van der Waals surface area contributed by atoms with E-state index in [9.17, 15) is 4.79 Å². The Hall–Kier alpha value is -0.480. The Kier molecular flexibility index (Phi) is 8.52. The average molecular weight is 272 g/mol. The number of carbonyl (C=O) groups excluding carboxylic acids is 1. The molecule has 1 aromatic rings. The average Bonchev–Trinajstić information content (AvgIpc) is 2.28. The maximum atomic E-state index is 10.6. The Labute approximate surface area is 102 Å². The van der Waals surface area contributed by atoms with Gasteiger partial charge in [0.05, 0.1) is 5.56 Å². The Bertz CT molecular complexity index is 302. The molecule has 0 saturated carbocycles. The molecule has 0 amide bonds. The molecule has 15 heavy (non-hydrogen) atoms. The van der Waals surface area contributed by atoms with E-state index in [1.165, 1.54) is 12.1 Å². The number of alkyl halides is 2. The molecule has 0 radical (unpaired) electrons. The summed E-state index contributed by atoms with van der Waals surface area (Å²) in [6.45, 7) is 0. The van der Waals surface area contributed by atoms with Gasteiger partial charge in [0.25, 0.3) is 0 Å². The van der Waals surface area contributed by atoms with E-state index in [4.69, 9.17) is 40.1 Å². The van der Waals surface area contributed by atoms with Crippen molar-refractivity contribution in [3.63, 3.8) is 0 Å². The van der Waals surface area contributed by atoms with E-state index < -0.39 is 5.97 Å². The maximum Gasteiger partial charge on any atom is 0.372 e. The molecule has 84 valence electrons. The quantitative estimate of drug-likeness (QED) is 0.509. The van der Waals surface area contributed by atoms with Gasteiger partial charge in [-0.25, -0.2) is 4.79 Å². The van der Waals surface area contributed by atoms with Gasteiger partial charge in [-0.3, -0.25) is 4.89 Å². The Morgan fingerprint density at radius 1 is 1.33 bits per heavy atom. The van der Waals surface area contributed by atoms with Gasteiger partial charge in [0.1, 0.15) is 0 Å². The standard InChI is InChI=1S/C7H5ClO3.C2H4Cl2/c8-6-3-1-2-5(4-6)7(9)11-10;3-1-2-4/h1-4,10H;1-2H2. The summed E-state index contributed by atoms with van der Waals surface area (Å²) in [7, 11) is 0. The predicted molar refractivity (Wildman–Crippen MR) is 60.9 cm³/mol. The second kappa shape index (κ2) is 8.80. The SMILES string of the molecule is ClCCCl.O=C(OO)c1cccc(Cl)c1. The zero-order valence-electron chi connectivity index (χ0n) is 7.62. The summed E-state index contributed by atoms with van der Waals surface area (Å²) in [4.78, 5) is 14.1. The topological polar surface area (TPSA) is 46.5 Å². The van der Waals surface area contributed by atoms with E-state index in [-0.39, 0.29) is 5.56 Å². The summed E-state index contributed by atoms with van der Waals surface area (Å²) in [6, 6.07) is 6.11. The third kappa shape index (κ3) is 6.57. The minimum atomic E-state index is -0.813. The largest absolute Gasteiger partial charge is 0.372 e. The van der Waals surface area contributed by atoms with Crippen LogP contribution in [-0.2, 0) is 4.89 Å². The molecule has 0 aliphatic rings. The summed E-state index contributed by atoms with van der Waals surface area (Å²) in [5.41, 5.74) is 0.222. The van der Waals surface area contributed by atoms with E-state index in [0.717, 1.165) is 0 Å². The molecular formula is C9H9Cl3O3. The van der Waals surface area contributed by atoms with Gasteiger partial charge in [-0.2, -0.15) is 5.26 Å². The zero-order chi connectivity index (χ0) is 11.7. The maximum absolute atomic E-state index is 10.6. The van der Waals surface area contributed by atoms with Crippen molar-refractivity contribution in [1.82, 2.24) is 0 Å². The second-order valence-electron chi connectivity index (χ2n) is 2.27. The molecule has 1 rings (SSSR count). The summed E-state index contributed by atoms with van der Waals surface area (Å²) in [5.74, 6) is 0.302. The van der Waals surface area contributed by atoms with Gasteiger partial charge in [0.2, 0.25) is 0 Å². The minimum Gasteiger partial charge on any atom is -0.296 e. The highest BCUT2D eigenvalue weighted by Crippen LogP contribution is 2.10. The lowest BCUT2D eigenvalue weighted by Gasteiger charge is -1.95. The lowest BCUT2D eigenvalue weighted by Crippen LogP contribution is -2.00. The van der Waals surface area contributed by atoms with Crippen LogP contribution >= 0.6 is 34.8 Å². The summed E-state index contributed by atoms with van der Waals surface area (Å²) in [5, 5.41) is 8.41. The molecule has 1 aromatic carbocycles. The van der Waals surface area contributed by atoms with Crippen LogP contribution in [0.25, 0.3) is 0 Å². The van der Waals surface area contributed by atoms with Crippen LogP contribution in [0.3, 0.4) is 0 Å². The first kappa shape index (κ1) is 14.5. The highest BCUT2D eigenvalue weighted by Gasteiger charge is 2.05. The van der Waals surface area contributed by atoms with E-state index in [1.54, 1.807) is 12.1 Å². The summed E-state index contributed by atoms with van der Waals surface area (Å²) >= 11 is 15.7. The first-order valence-electron chi connectivity index (χ1n) is 3.89. The van der Waals surface area contributed by atoms with Gasteiger partial charge in [-0.05, 0) is 18.2 Å². The van der Waals surface area contributed by atoms with Crippen molar-refractivity contribution in [3.05, 3.63) is 34.9 Å². The number of carbonyl (C=O) groups is 1. The lowest BCUT2D eigenvalue weighted by molar-refractivity contribution is -0.182. The second-order valence-corrected chi connectivity index (χ2v) is 3.46. The summed E-state index contributed by atoms with van der Waals surface area (Å²) < 4.78 is 0. The molecule has 0 aromatic heterocycles. The molecule has 1 N–H and O–H groups in total. The molecule has 0 fully saturated rings. The Balaban J connectivity index is 0.000000423. The van der Waals surface area contributed by atoms with Crippen molar-refractivity contribution < 1.29 is 14.9 Å². The third-order valence-corrected chi connectivity index (χ3v) is 2.02. The number of benzene rings is 1. The van der Waals surface area contributed by atoms with E-state index in [2.05, 4.69) is 4.89 Å². The van der Waals surface area contributed by atoms with Crippen molar-refractivity contribution in [2.45, 2.75) is 0 Å². The van der Waals surface area contributed by atoms with Crippen molar-refractivity contribution in [2.75, 3.05) is 11.8 Å². The smallest absolute Gasteiger partial charge is 0.296 e. The molecule has 0 spiro atoms. The van der Waals surface area contributed by atoms with Crippen molar-refractivity contribution in [1.29, 1.82) is 0 Å². The molecule has 0 heterocycles. The van der Waals surface area contributed by atoms with Gasteiger partial charge < -0.3 is 0 Å². The van der Waals surface area contributed by atoms with Crippen LogP contribution in [-0.4, -0.2) is 23.0 Å². The van der Waals surface area contributed by atoms with Crippen LogP contribution in [0, 0.1) is 0 Å². The monoisotopic (exact) mass is 270 g/mol. The van der Waals surface area contributed by atoms with Crippen LogP contribution < -0.4 is 0 Å². The number of hydrogen-bond donors (Lipinski definition) is 1. The van der Waals surface area contributed by atoms with Crippen LogP contribution in [0.15, 0.2) is 24.3 Å². The van der Waals surface area contributed by atoms with Crippen LogP contribution in [0.1, 0.15) is 10.4 Å². The first-order chi connectivity index (χ1) is 7.15. The minimum absolute atomic E-state index is 0.222. The number of hydrogen-bond acceptors (Lipinski definition) is 3. The van der Waals surface area contributed by atoms with Crippen molar-refractivity contribution in [3.8, 4) is 0 Å². The lowest BCUT2D eigenvalue weighted by atomic mass is 10.2. The molecule has 0 atom stereocenters. The van der Waals surface area contributed by atoms with Gasteiger partial charge in [0, 0.05) is 16.8 Å². The fraction of sp³-hybridized carbons (Fsp3) is 0.222.